The largest absolute Gasteiger partial charge is 0.481 e. The molecule has 0 bridgehead atoms. The van der Waals surface area contributed by atoms with Crippen LogP contribution in [-0.2, 0) is 9.59 Å². The summed E-state index contributed by atoms with van der Waals surface area (Å²) in [6, 6.07) is 0. The van der Waals surface area contributed by atoms with E-state index in [2.05, 4.69) is 5.32 Å². The molecule has 0 aliphatic carbocycles. The quantitative estimate of drug-likeness (QED) is 0.684. The zero-order chi connectivity index (χ0) is 9.90. The molecule has 1 saturated heterocycles. The highest BCUT2D eigenvalue weighted by Gasteiger charge is 2.35. The van der Waals surface area contributed by atoms with E-state index in [1.165, 1.54) is 0 Å². The van der Waals surface area contributed by atoms with Gasteiger partial charge in [0.1, 0.15) is 0 Å². The van der Waals surface area contributed by atoms with Crippen molar-refractivity contribution in [1.29, 1.82) is 0 Å². The minimum atomic E-state index is -0.797. The third-order valence-electron chi connectivity index (χ3n) is 2.73. The first-order chi connectivity index (χ1) is 6.08. The number of aliphatic carboxylic acids is 1. The highest BCUT2D eigenvalue weighted by molar-refractivity contribution is 5.79. The van der Waals surface area contributed by atoms with Crippen LogP contribution in [0.4, 0.5) is 0 Å². The minimum Gasteiger partial charge on any atom is -0.481 e. The fourth-order valence-electron chi connectivity index (χ4n) is 1.75. The van der Waals surface area contributed by atoms with Crippen molar-refractivity contribution in [2.24, 2.45) is 0 Å². The van der Waals surface area contributed by atoms with Crippen LogP contribution in [0.25, 0.3) is 0 Å². The number of rotatable bonds is 4. The highest BCUT2D eigenvalue weighted by Crippen LogP contribution is 2.28. The van der Waals surface area contributed by atoms with Crippen LogP contribution in [0.3, 0.4) is 0 Å². The Labute approximate surface area is 77.3 Å². The Morgan fingerprint density at radius 3 is 2.77 bits per heavy atom. The standard InChI is InChI=1S/C9H15NO3/c1-2-9(6-4-8(12)13)5-3-7(11)10-9/h2-6H2,1H3,(H,10,11)(H,12,13)/t9-/m0/s1. The van der Waals surface area contributed by atoms with Gasteiger partial charge >= 0.3 is 5.97 Å². The molecule has 0 radical (unpaired) electrons. The predicted molar refractivity (Wildman–Crippen MR) is 47.3 cm³/mol. The molecule has 1 heterocycles. The van der Waals surface area contributed by atoms with Gasteiger partial charge in [-0.25, -0.2) is 0 Å². The van der Waals surface area contributed by atoms with Gasteiger partial charge in [0.25, 0.3) is 0 Å². The zero-order valence-electron chi connectivity index (χ0n) is 7.80. The van der Waals surface area contributed by atoms with Crippen molar-refractivity contribution >= 4 is 11.9 Å². The van der Waals surface area contributed by atoms with Crippen LogP contribution >= 0.6 is 0 Å². The summed E-state index contributed by atoms with van der Waals surface area (Å²) in [6.45, 7) is 1.98. The van der Waals surface area contributed by atoms with Crippen molar-refractivity contribution in [2.45, 2.75) is 44.6 Å². The highest BCUT2D eigenvalue weighted by atomic mass is 16.4. The summed E-state index contributed by atoms with van der Waals surface area (Å²) in [6.07, 6.45) is 2.80. The maximum absolute atomic E-state index is 11.0. The van der Waals surface area contributed by atoms with Gasteiger partial charge in [0.05, 0.1) is 0 Å². The lowest BCUT2D eigenvalue weighted by Crippen LogP contribution is -2.41. The number of nitrogens with one attached hydrogen (secondary N) is 1. The Kier molecular flexibility index (Phi) is 2.90. The maximum atomic E-state index is 11.0. The van der Waals surface area contributed by atoms with Crippen molar-refractivity contribution in [3.63, 3.8) is 0 Å². The molecule has 4 nitrogen and oxygen atoms in total. The molecule has 1 fully saturated rings. The van der Waals surface area contributed by atoms with E-state index in [0.717, 1.165) is 12.8 Å². The van der Waals surface area contributed by atoms with Gasteiger partial charge in [0.15, 0.2) is 0 Å². The molecule has 0 aromatic carbocycles. The molecule has 1 rings (SSSR count). The van der Waals surface area contributed by atoms with E-state index in [-0.39, 0.29) is 17.9 Å². The summed E-state index contributed by atoms with van der Waals surface area (Å²) in [5.74, 6) is -0.749. The average molecular weight is 185 g/mol. The van der Waals surface area contributed by atoms with Crippen molar-refractivity contribution < 1.29 is 14.7 Å². The Hall–Kier alpha value is -1.06. The Morgan fingerprint density at radius 1 is 1.69 bits per heavy atom. The van der Waals surface area contributed by atoms with Crippen LogP contribution in [0.1, 0.15) is 39.0 Å². The van der Waals surface area contributed by atoms with E-state index in [1.807, 2.05) is 6.92 Å². The van der Waals surface area contributed by atoms with Crippen molar-refractivity contribution in [3.05, 3.63) is 0 Å². The molecular weight excluding hydrogens is 170 g/mol. The molecule has 74 valence electrons. The molecule has 0 saturated carbocycles. The van der Waals surface area contributed by atoms with Gasteiger partial charge in [0, 0.05) is 18.4 Å². The normalized spacial score (nSPS) is 27.3. The molecule has 4 heteroatoms. The average Bonchev–Trinajstić information content (AvgIpc) is 2.45. The second kappa shape index (κ2) is 3.77. The zero-order valence-corrected chi connectivity index (χ0v) is 7.80. The van der Waals surface area contributed by atoms with Gasteiger partial charge in [-0.3, -0.25) is 9.59 Å². The van der Waals surface area contributed by atoms with E-state index in [9.17, 15) is 9.59 Å². The van der Waals surface area contributed by atoms with E-state index < -0.39 is 5.97 Å². The topological polar surface area (TPSA) is 66.4 Å². The van der Waals surface area contributed by atoms with Crippen LogP contribution in [0.2, 0.25) is 0 Å². The summed E-state index contributed by atoms with van der Waals surface area (Å²) in [4.78, 5) is 21.4. The molecule has 0 unspecified atom stereocenters. The fourth-order valence-corrected chi connectivity index (χ4v) is 1.75. The second-order valence-corrected chi connectivity index (χ2v) is 3.58. The number of carboxylic acid groups (broad SMARTS) is 1. The molecule has 1 atom stereocenters. The van der Waals surface area contributed by atoms with E-state index in [1.54, 1.807) is 0 Å². The second-order valence-electron chi connectivity index (χ2n) is 3.58. The molecular formula is C9H15NO3. The first kappa shape index (κ1) is 10.0. The fraction of sp³-hybridized carbons (Fsp3) is 0.778. The van der Waals surface area contributed by atoms with Gasteiger partial charge in [-0.15, -0.1) is 0 Å². The van der Waals surface area contributed by atoms with E-state index >= 15 is 0 Å². The predicted octanol–water partition coefficient (Wildman–Crippen LogP) is 0.910. The Balaban J connectivity index is 2.50. The Morgan fingerprint density at radius 2 is 2.38 bits per heavy atom. The third-order valence-corrected chi connectivity index (χ3v) is 2.73. The Bertz CT molecular complexity index is 227. The lowest BCUT2D eigenvalue weighted by Gasteiger charge is -2.26. The molecule has 0 spiro atoms. The first-order valence-electron chi connectivity index (χ1n) is 4.61. The molecule has 0 aromatic rings. The summed E-state index contributed by atoms with van der Waals surface area (Å²) in [5.41, 5.74) is -0.241. The van der Waals surface area contributed by atoms with Crippen LogP contribution in [0, 0.1) is 0 Å². The van der Waals surface area contributed by atoms with Gasteiger partial charge in [0.2, 0.25) is 5.91 Å². The van der Waals surface area contributed by atoms with E-state index in [0.29, 0.717) is 12.8 Å². The molecule has 1 amide bonds. The molecule has 2 N–H and O–H groups in total. The number of carbonyl (C=O) groups excluding carboxylic acids is 1. The summed E-state index contributed by atoms with van der Waals surface area (Å²) >= 11 is 0. The molecule has 0 aromatic heterocycles. The van der Waals surface area contributed by atoms with Gasteiger partial charge in [-0.1, -0.05) is 6.92 Å². The number of carboxylic acids is 1. The van der Waals surface area contributed by atoms with Crippen LogP contribution in [-0.4, -0.2) is 22.5 Å². The number of hydrogen-bond donors (Lipinski definition) is 2. The maximum Gasteiger partial charge on any atom is 0.303 e. The van der Waals surface area contributed by atoms with Crippen LogP contribution in [0.5, 0.6) is 0 Å². The number of amides is 1. The number of carbonyl (C=O) groups is 2. The van der Waals surface area contributed by atoms with Crippen molar-refractivity contribution in [1.82, 2.24) is 5.32 Å². The van der Waals surface area contributed by atoms with Gasteiger partial charge < -0.3 is 10.4 Å². The minimum absolute atomic E-state index is 0.0484. The number of hydrogen-bond acceptors (Lipinski definition) is 2. The van der Waals surface area contributed by atoms with Crippen LogP contribution in [0.15, 0.2) is 0 Å². The summed E-state index contributed by atoms with van der Waals surface area (Å²) in [7, 11) is 0. The third kappa shape index (κ3) is 2.44. The molecule has 1 aliphatic rings. The summed E-state index contributed by atoms with van der Waals surface area (Å²) in [5, 5.41) is 11.4. The van der Waals surface area contributed by atoms with Gasteiger partial charge in [-0.05, 0) is 19.3 Å². The smallest absolute Gasteiger partial charge is 0.303 e. The molecule has 1 aliphatic heterocycles. The lowest BCUT2D eigenvalue weighted by atomic mass is 9.89. The van der Waals surface area contributed by atoms with E-state index in [4.69, 9.17) is 5.11 Å². The summed E-state index contributed by atoms with van der Waals surface area (Å²) < 4.78 is 0. The molecule has 13 heavy (non-hydrogen) atoms. The monoisotopic (exact) mass is 185 g/mol. The van der Waals surface area contributed by atoms with Crippen molar-refractivity contribution in [2.75, 3.05) is 0 Å². The van der Waals surface area contributed by atoms with Gasteiger partial charge in [-0.2, -0.15) is 0 Å². The van der Waals surface area contributed by atoms with Crippen LogP contribution < -0.4 is 5.32 Å². The van der Waals surface area contributed by atoms with Crippen molar-refractivity contribution in [3.8, 4) is 0 Å². The lowest BCUT2D eigenvalue weighted by molar-refractivity contribution is -0.137. The SMILES string of the molecule is CC[C@@]1(CCC(=O)O)CCC(=O)N1. The first-order valence-corrected chi connectivity index (χ1v) is 4.61.